The summed E-state index contributed by atoms with van der Waals surface area (Å²) in [7, 11) is 1.29. The fraction of sp³-hybridized carbons (Fsp3) is 1.00. The highest BCUT2D eigenvalue weighted by Crippen LogP contribution is 2.23. The average molecular weight is 219 g/mol. The summed E-state index contributed by atoms with van der Waals surface area (Å²) in [4.78, 5) is 2.52. The first kappa shape index (κ1) is 12.2. The number of hydrogen-bond acceptors (Lipinski definition) is 6. The highest BCUT2D eigenvalue weighted by Gasteiger charge is 2.43. The third-order valence-corrected chi connectivity index (χ3v) is 2.27. The molecule has 0 radical (unpaired) electrons. The van der Waals surface area contributed by atoms with Gasteiger partial charge in [-0.05, 0) is 5.53 Å². The van der Waals surface area contributed by atoms with Crippen molar-refractivity contribution in [2.45, 2.75) is 30.6 Å². The van der Waals surface area contributed by atoms with E-state index in [1.807, 2.05) is 0 Å². The Kier molecular flexibility index (Phi) is 4.28. The number of aliphatic hydroxyl groups is 3. The van der Waals surface area contributed by atoms with Gasteiger partial charge in [0.2, 0.25) is 0 Å². The molecule has 1 heterocycles. The Morgan fingerprint density at radius 1 is 1.47 bits per heavy atom. The molecule has 0 aromatic rings. The summed E-state index contributed by atoms with van der Waals surface area (Å²) in [5, 5.41) is 31.3. The third-order valence-electron chi connectivity index (χ3n) is 2.27. The molecule has 1 aliphatic heterocycles. The van der Waals surface area contributed by atoms with E-state index in [9.17, 15) is 10.2 Å². The van der Waals surface area contributed by atoms with Gasteiger partial charge in [-0.1, -0.05) is 5.11 Å². The van der Waals surface area contributed by atoms with Crippen LogP contribution in [0.2, 0.25) is 0 Å². The highest BCUT2D eigenvalue weighted by molar-refractivity contribution is 4.93. The molecule has 1 saturated heterocycles. The second kappa shape index (κ2) is 5.26. The Balaban J connectivity index is 2.83. The predicted octanol–water partition coefficient (Wildman–Crippen LogP) is -1.25. The predicted molar refractivity (Wildman–Crippen MR) is 47.7 cm³/mol. The van der Waals surface area contributed by atoms with Crippen LogP contribution in [0.4, 0.5) is 0 Å². The van der Waals surface area contributed by atoms with Gasteiger partial charge in [-0.3, -0.25) is 0 Å². The minimum atomic E-state index is -1.32. The van der Waals surface area contributed by atoms with Crippen molar-refractivity contribution in [1.29, 1.82) is 0 Å². The number of aliphatic hydroxyl groups excluding tert-OH is 3. The van der Waals surface area contributed by atoms with Crippen LogP contribution in [0.5, 0.6) is 0 Å². The van der Waals surface area contributed by atoms with Crippen molar-refractivity contribution in [3.63, 3.8) is 0 Å². The number of hydrogen-bond donors (Lipinski definition) is 3. The smallest absolute Gasteiger partial charge is 0.186 e. The first-order valence-corrected chi connectivity index (χ1v) is 4.35. The van der Waals surface area contributed by atoms with E-state index in [0.717, 1.165) is 0 Å². The van der Waals surface area contributed by atoms with E-state index in [-0.39, 0.29) is 0 Å². The van der Waals surface area contributed by atoms with Crippen LogP contribution in [0.3, 0.4) is 0 Å². The van der Waals surface area contributed by atoms with Gasteiger partial charge in [-0.15, -0.1) is 0 Å². The van der Waals surface area contributed by atoms with E-state index in [0.29, 0.717) is 0 Å². The summed E-state index contributed by atoms with van der Waals surface area (Å²) in [6.07, 6.45) is -4.56. The van der Waals surface area contributed by atoms with E-state index in [2.05, 4.69) is 10.0 Å². The maximum absolute atomic E-state index is 9.59. The Bertz CT molecular complexity index is 255. The zero-order valence-electron chi connectivity index (χ0n) is 8.09. The van der Waals surface area contributed by atoms with Crippen LogP contribution in [0, 0.1) is 0 Å². The molecule has 0 aromatic heterocycles. The average Bonchev–Trinajstić information content (AvgIpc) is 2.25. The van der Waals surface area contributed by atoms with Crippen molar-refractivity contribution < 1.29 is 24.8 Å². The van der Waals surface area contributed by atoms with E-state index < -0.39 is 37.3 Å². The van der Waals surface area contributed by atoms with Gasteiger partial charge in [-0.25, -0.2) is 0 Å². The second-order valence-electron chi connectivity index (χ2n) is 3.14. The lowest BCUT2D eigenvalue weighted by Crippen LogP contribution is -2.58. The molecular weight excluding hydrogens is 206 g/mol. The molecule has 1 aliphatic rings. The van der Waals surface area contributed by atoms with Crippen LogP contribution in [0.25, 0.3) is 10.4 Å². The molecule has 1 rings (SSSR count). The highest BCUT2D eigenvalue weighted by atomic mass is 16.7. The summed E-state index contributed by atoms with van der Waals surface area (Å²) < 4.78 is 9.84. The van der Waals surface area contributed by atoms with Gasteiger partial charge >= 0.3 is 0 Å². The minimum absolute atomic E-state index is 0.437. The lowest BCUT2D eigenvalue weighted by Gasteiger charge is -2.39. The molecule has 15 heavy (non-hydrogen) atoms. The van der Waals surface area contributed by atoms with Gasteiger partial charge in [0.1, 0.15) is 6.10 Å². The molecule has 0 spiro atoms. The van der Waals surface area contributed by atoms with Crippen molar-refractivity contribution in [3.05, 3.63) is 10.4 Å². The number of ether oxygens (including phenoxy) is 2. The molecule has 0 bridgehead atoms. The summed E-state index contributed by atoms with van der Waals surface area (Å²) in [5.74, 6) is 0. The van der Waals surface area contributed by atoms with Gasteiger partial charge in [-0.2, -0.15) is 0 Å². The number of nitrogens with zero attached hydrogens (tertiary/aromatic N) is 3. The van der Waals surface area contributed by atoms with Gasteiger partial charge in [0.25, 0.3) is 0 Å². The molecule has 8 nitrogen and oxygen atoms in total. The van der Waals surface area contributed by atoms with Crippen molar-refractivity contribution in [2.75, 3.05) is 13.7 Å². The summed E-state index contributed by atoms with van der Waals surface area (Å²) in [6.45, 7) is -0.437. The van der Waals surface area contributed by atoms with Crippen LogP contribution < -0.4 is 0 Å². The van der Waals surface area contributed by atoms with Crippen molar-refractivity contribution in [2.24, 2.45) is 5.11 Å². The van der Waals surface area contributed by atoms with Gasteiger partial charge in [0.05, 0.1) is 24.9 Å². The molecule has 0 aromatic carbocycles. The van der Waals surface area contributed by atoms with E-state index in [1.165, 1.54) is 7.11 Å². The van der Waals surface area contributed by atoms with E-state index >= 15 is 0 Å². The first-order valence-electron chi connectivity index (χ1n) is 4.35. The molecule has 1 fully saturated rings. The molecule has 86 valence electrons. The largest absolute Gasteiger partial charge is 0.394 e. The number of azide groups is 1. The number of rotatable bonds is 3. The molecule has 8 heteroatoms. The summed E-state index contributed by atoms with van der Waals surface area (Å²) in [6, 6.07) is -1.03. The Labute approximate surface area is 85.7 Å². The fourth-order valence-corrected chi connectivity index (χ4v) is 1.46. The monoisotopic (exact) mass is 219 g/mol. The van der Waals surface area contributed by atoms with Crippen LogP contribution in [-0.2, 0) is 9.47 Å². The summed E-state index contributed by atoms with van der Waals surface area (Å²) in [5.41, 5.74) is 8.26. The Hall–Kier alpha value is -0.890. The van der Waals surface area contributed by atoms with Gasteiger partial charge in [0, 0.05) is 12.0 Å². The normalized spacial score (nSPS) is 40.9. The lowest BCUT2D eigenvalue weighted by atomic mass is 9.97. The third kappa shape index (κ3) is 2.37. The van der Waals surface area contributed by atoms with Crippen molar-refractivity contribution >= 4 is 0 Å². The Morgan fingerprint density at radius 3 is 2.60 bits per heavy atom. The maximum atomic E-state index is 9.59. The van der Waals surface area contributed by atoms with E-state index in [1.54, 1.807) is 0 Å². The Morgan fingerprint density at radius 2 is 2.13 bits per heavy atom. The van der Waals surface area contributed by atoms with Crippen LogP contribution >= 0.6 is 0 Å². The molecule has 0 amide bonds. The quantitative estimate of drug-likeness (QED) is 0.310. The SMILES string of the molecule is CO[C@H]1O[C@H](CO)[C@H](N=[N+]=[N-])[C@H](O)[C@H]1O. The molecular formula is C7H13N3O5. The van der Waals surface area contributed by atoms with Gasteiger partial charge in [0.15, 0.2) is 6.29 Å². The standard InChI is InChI=1S/C7H13N3O5/c1-14-7-6(13)5(12)4(9-10-8)3(2-11)15-7/h3-7,11-13H,2H2,1H3/t3-,4+,5+,6-,7+/m1/s1. The summed E-state index contributed by atoms with van der Waals surface area (Å²) >= 11 is 0. The van der Waals surface area contributed by atoms with E-state index in [4.69, 9.17) is 20.1 Å². The zero-order valence-corrected chi connectivity index (χ0v) is 8.09. The minimum Gasteiger partial charge on any atom is -0.394 e. The molecule has 0 saturated carbocycles. The molecule has 3 N–H and O–H groups in total. The van der Waals surface area contributed by atoms with Gasteiger partial charge < -0.3 is 24.8 Å². The molecule has 0 aliphatic carbocycles. The zero-order chi connectivity index (χ0) is 11.4. The molecule has 0 unspecified atom stereocenters. The lowest BCUT2D eigenvalue weighted by molar-refractivity contribution is -0.268. The van der Waals surface area contributed by atoms with Crippen LogP contribution in [0.15, 0.2) is 5.11 Å². The van der Waals surface area contributed by atoms with Crippen molar-refractivity contribution in [3.8, 4) is 0 Å². The number of methoxy groups -OCH3 is 1. The van der Waals surface area contributed by atoms with Crippen LogP contribution in [-0.4, -0.2) is 59.7 Å². The van der Waals surface area contributed by atoms with Crippen LogP contribution in [0.1, 0.15) is 0 Å². The fourth-order valence-electron chi connectivity index (χ4n) is 1.46. The molecule has 5 atom stereocenters. The first-order chi connectivity index (χ1) is 7.15. The van der Waals surface area contributed by atoms with Crippen molar-refractivity contribution in [1.82, 2.24) is 0 Å². The topological polar surface area (TPSA) is 128 Å². The second-order valence-corrected chi connectivity index (χ2v) is 3.14. The maximum Gasteiger partial charge on any atom is 0.186 e.